The molecular formula is C77H150O6. The molecule has 1 atom stereocenters. The van der Waals surface area contributed by atoms with Crippen LogP contribution in [0.25, 0.3) is 0 Å². The number of ether oxygens (including phenoxy) is 3. The minimum atomic E-state index is -0.762. The van der Waals surface area contributed by atoms with Gasteiger partial charge in [0.1, 0.15) is 13.2 Å². The van der Waals surface area contributed by atoms with Crippen molar-refractivity contribution in [2.75, 3.05) is 13.2 Å². The summed E-state index contributed by atoms with van der Waals surface area (Å²) in [7, 11) is 0. The molecule has 0 aliphatic heterocycles. The molecule has 6 heteroatoms. The second kappa shape index (κ2) is 72.9. The Balaban J connectivity index is 3.94. The molecular weight excluding hydrogens is 1020 g/mol. The summed E-state index contributed by atoms with van der Waals surface area (Å²) in [5.74, 6) is -0.827. The maximum absolute atomic E-state index is 12.9. The van der Waals surface area contributed by atoms with Crippen LogP contribution in [0.2, 0.25) is 0 Å². The number of hydrogen-bond donors (Lipinski definition) is 0. The van der Waals surface area contributed by atoms with E-state index in [-0.39, 0.29) is 31.1 Å². The van der Waals surface area contributed by atoms with Crippen molar-refractivity contribution in [3.05, 3.63) is 0 Å². The molecule has 0 aromatic carbocycles. The summed E-state index contributed by atoms with van der Waals surface area (Å²) in [5, 5.41) is 0. The van der Waals surface area contributed by atoms with E-state index >= 15 is 0 Å². The van der Waals surface area contributed by atoms with Gasteiger partial charge in [0.25, 0.3) is 0 Å². The molecule has 1 unspecified atom stereocenters. The lowest BCUT2D eigenvalue weighted by atomic mass is 10.0. The third-order valence-electron chi connectivity index (χ3n) is 18.1. The number of unbranched alkanes of at least 4 members (excludes halogenated alkanes) is 62. The van der Waals surface area contributed by atoms with Crippen molar-refractivity contribution in [3.8, 4) is 0 Å². The van der Waals surface area contributed by atoms with Gasteiger partial charge in [-0.1, -0.05) is 419 Å². The molecule has 0 aliphatic carbocycles. The van der Waals surface area contributed by atoms with Gasteiger partial charge >= 0.3 is 17.9 Å². The van der Waals surface area contributed by atoms with Crippen molar-refractivity contribution in [2.45, 2.75) is 463 Å². The highest BCUT2D eigenvalue weighted by Crippen LogP contribution is 2.20. The average Bonchev–Trinajstić information content (AvgIpc) is 3.49. The molecule has 0 saturated carbocycles. The van der Waals surface area contributed by atoms with E-state index in [1.807, 2.05) is 0 Å². The van der Waals surface area contributed by atoms with Gasteiger partial charge in [-0.25, -0.2) is 0 Å². The molecule has 0 aromatic rings. The van der Waals surface area contributed by atoms with Gasteiger partial charge < -0.3 is 14.2 Å². The molecule has 0 heterocycles. The van der Waals surface area contributed by atoms with Crippen LogP contribution in [0.5, 0.6) is 0 Å². The van der Waals surface area contributed by atoms with Crippen LogP contribution >= 0.6 is 0 Å². The van der Waals surface area contributed by atoms with Crippen molar-refractivity contribution >= 4 is 17.9 Å². The molecule has 0 rings (SSSR count). The SMILES string of the molecule is CCCCCCCCCCCCCCCCCCCCCCCCCCCCCCCCCCCCC(=O)OCC(COC(=O)CCCCCCCCCC)OC(=O)CCCCCCCCCCCCCCCCCCCCCCCCC. The average molecular weight is 1170 g/mol. The zero-order valence-corrected chi connectivity index (χ0v) is 57.0. The first kappa shape index (κ1) is 81.4. The van der Waals surface area contributed by atoms with Gasteiger partial charge in [0.2, 0.25) is 0 Å². The number of rotatable bonds is 73. The van der Waals surface area contributed by atoms with E-state index in [4.69, 9.17) is 14.2 Å². The molecule has 6 nitrogen and oxygen atoms in total. The van der Waals surface area contributed by atoms with Crippen LogP contribution in [0.1, 0.15) is 457 Å². The number of carbonyl (C=O) groups is 3. The smallest absolute Gasteiger partial charge is 0.306 e. The molecule has 0 amide bonds. The third-order valence-corrected chi connectivity index (χ3v) is 18.1. The lowest BCUT2D eigenvalue weighted by molar-refractivity contribution is -0.167. The molecule has 0 aromatic heterocycles. The van der Waals surface area contributed by atoms with Crippen LogP contribution < -0.4 is 0 Å². The number of carbonyl (C=O) groups excluding carboxylic acids is 3. The monoisotopic (exact) mass is 1170 g/mol. The van der Waals surface area contributed by atoms with E-state index in [1.54, 1.807) is 0 Å². The van der Waals surface area contributed by atoms with E-state index in [9.17, 15) is 14.4 Å². The normalized spacial score (nSPS) is 11.9. The van der Waals surface area contributed by atoms with E-state index in [0.29, 0.717) is 19.3 Å². The highest BCUT2D eigenvalue weighted by Gasteiger charge is 2.20. The van der Waals surface area contributed by atoms with Gasteiger partial charge in [0.05, 0.1) is 0 Å². The molecule has 0 aliphatic rings. The van der Waals surface area contributed by atoms with E-state index in [0.717, 1.165) is 57.8 Å². The summed E-state index contributed by atoms with van der Waals surface area (Å²) in [6.45, 7) is 6.71. The summed E-state index contributed by atoms with van der Waals surface area (Å²) >= 11 is 0. The van der Waals surface area contributed by atoms with Gasteiger partial charge in [-0.3, -0.25) is 14.4 Å². The van der Waals surface area contributed by atoms with Crippen LogP contribution in [0.4, 0.5) is 0 Å². The molecule has 494 valence electrons. The number of esters is 3. The predicted octanol–water partition coefficient (Wildman–Crippen LogP) is 26.6. The van der Waals surface area contributed by atoms with Gasteiger partial charge in [0.15, 0.2) is 6.10 Å². The topological polar surface area (TPSA) is 78.9 Å². The molecule has 0 bridgehead atoms. The molecule has 0 N–H and O–H groups in total. The van der Waals surface area contributed by atoms with Crippen LogP contribution in [0, 0.1) is 0 Å². The third kappa shape index (κ3) is 71.1. The Kier molecular flexibility index (Phi) is 71.5. The van der Waals surface area contributed by atoms with Crippen LogP contribution in [-0.4, -0.2) is 37.2 Å². The van der Waals surface area contributed by atoms with Gasteiger partial charge in [-0.05, 0) is 19.3 Å². The second-order valence-electron chi connectivity index (χ2n) is 26.6. The largest absolute Gasteiger partial charge is 0.462 e. The highest BCUT2D eigenvalue weighted by molar-refractivity contribution is 5.71. The van der Waals surface area contributed by atoms with Crippen LogP contribution in [-0.2, 0) is 28.6 Å². The minimum Gasteiger partial charge on any atom is -0.462 e. The summed E-state index contributed by atoms with van der Waals surface area (Å²) < 4.78 is 17.0. The molecule has 0 spiro atoms. The standard InChI is InChI=1S/C77H150O6/c1-4-7-10-13-16-19-21-23-25-27-29-31-33-34-35-36-37-38-39-40-41-42-43-45-46-48-50-52-54-56-58-61-64-67-70-76(79)82-73-74(72-81-75(78)69-66-63-60-18-15-12-9-6-3)83-77(80)71-68-65-62-59-57-55-53-51-49-47-44-32-30-28-26-24-22-20-17-14-11-8-5-2/h74H,4-73H2,1-3H3. The van der Waals surface area contributed by atoms with E-state index in [2.05, 4.69) is 20.8 Å². The van der Waals surface area contributed by atoms with Crippen LogP contribution in [0.3, 0.4) is 0 Å². The Morgan fingerprint density at radius 1 is 0.193 bits per heavy atom. The Labute approximate surface area is 520 Å². The fraction of sp³-hybridized carbons (Fsp3) is 0.961. The summed E-state index contributed by atoms with van der Waals surface area (Å²) in [5.41, 5.74) is 0. The highest BCUT2D eigenvalue weighted by atomic mass is 16.6. The van der Waals surface area contributed by atoms with Crippen molar-refractivity contribution in [1.82, 2.24) is 0 Å². The first-order valence-electron chi connectivity index (χ1n) is 38.5. The van der Waals surface area contributed by atoms with Crippen LogP contribution in [0.15, 0.2) is 0 Å². The lowest BCUT2D eigenvalue weighted by Gasteiger charge is -2.18. The fourth-order valence-corrected chi connectivity index (χ4v) is 12.3. The maximum atomic E-state index is 12.9. The zero-order chi connectivity index (χ0) is 59.9. The fourth-order valence-electron chi connectivity index (χ4n) is 12.3. The van der Waals surface area contributed by atoms with Gasteiger partial charge in [-0.15, -0.1) is 0 Å². The summed E-state index contributed by atoms with van der Waals surface area (Å²) in [6, 6.07) is 0. The molecule has 83 heavy (non-hydrogen) atoms. The van der Waals surface area contributed by atoms with Gasteiger partial charge in [-0.2, -0.15) is 0 Å². The molecule has 0 radical (unpaired) electrons. The first-order chi connectivity index (χ1) is 41.0. The van der Waals surface area contributed by atoms with Crippen molar-refractivity contribution in [1.29, 1.82) is 0 Å². The molecule has 0 fully saturated rings. The minimum absolute atomic E-state index is 0.0608. The van der Waals surface area contributed by atoms with Crippen molar-refractivity contribution < 1.29 is 28.6 Å². The Hall–Kier alpha value is -1.59. The molecule has 0 saturated heterocycles. The quantitative estimate of drug-likeness (QED) is 0.0343. The van der Waals surface area contributed by atoms with E-state index < -0.39 is 6.10 Å². The Morgan fingerprint density at radius 3 is 0.482 bits per heavy atom. The Bertz CT molecular complexity index is 1250. The zero-order valence-electron chi connectivity index (χ0n) is 57.0. The Morgan fingerprint density at radius 2 is 0.325 bits per heavy atom. The first-order valence-corrected chi connectivity index (χ1v) is 38.5. The summed E-state index contributed by atoms with van der Waals surface area (Å²) in [4.78, 5) is 38.3. The number of hydrogen-bond acceptors (Lipinski definition) is 6. The van der Waals surface area contributed by atoms with E-state index in [1.165, 1.54) is 360 Å². The predicted molar refractivity (Wildman–Crippen MR) is 363 cm³/mol. The summed E-state index contributed by atoms with van der Waals surface area (Å²) in [6.07, 6.45) is 87.7. The van der Waals surface area contributed by atoms with Crippen molar-refractivity contribution in [3.63, 3.8) is 0 Å². The maximum Gasteiger partial charge on any atom is 0.306 e. The lowest BCUT2D eigenvalue weighted by Crippen LogP contribution is -2.30. The second-order valence-corrected chi connectivity index (χ2v) is 26.6. The van der Waals surface area contributed by atoms with Gasteiger partial charge in [0, 0.05) is 19.3 Å². The van der Waals surface area contributed by atoms with Crippen molar-refractivity contribution in [2.24, 2.45) is 0 Å².